The van der Waals surface area contributed by atoms with Crippen molar-refractivity contribution in [3.05, 3.63) is 73.6 Å². The van der Waals surface area contributed by atoms with Crippen molar-refractivity contribution in [2.24, 2.45) is 0 Å². The molecule has 1 saturated heterocycles. The number of hydrogen-bond acceptors (Lipinski definition) is 7. The summed E-state index contributed by atoms with van der Waals surface area (Å²) in [5, 5.41) is 9.62. The van der Waals surface area contributed by atoms with Crippen molar-refractivity contribution in [3.8, 4) is 39.5 Å². The van der Waals surface area contributed by atoms with Gasteiger partial charge in [0, 0.05) is 70.5 Å². The standard InChI is InChI=1S/C29H26N8O/c1-2-10-37(9-1)11-12-38-22-13-20(16-31-18-22)21-14-24-28(35-36-29(24)33-17-21)26-15-23-25(34-26)5-8-32-27(23)19-3-6-30-7-4-19/h3-8,13-18,34H,1-2,9-12H2,(H,33,35,36). The molecule has 6 aromatic rings. The Kier molecular flexibility index (Phi) is 5.75. The molecule has 0 aliphatic carbocycles. The van der Waals surface area contributed by atoms with E-state index in [1.807, 2.05) is 42.9 Å². The number of hydrogen-bond donors (Lipinski definition) is 2. The molecular weight excluding hydrogens is 476 g/mol. The van der Waals surface area contributed by atoms with E-state index in [1.165, 1.54) is 12.8 Å². The average molecular weight is 503 g/mol. The van der Waals surface area contributed by atoms with E-state index in [4.69, 9.17) is 4.74 Å². The van der Waals surface area contributed by atoms with Gasteiger partial charge in [0.2, 0.25) is 0 Å². The third-order valence-corrected chi connectivity index (χ3v) is 7.09. The van der Waals surface area contributed by atoms with E-state index in [1.54, 1.807) is 18.6 Å². The number of aromatic nitrogens is 7. The van der Waals surface area contributed by atoms with E-state index in [-0.39, 0.29) is 0 Å². The first-order valence-electron chi connectivity index (χ1n) is 12.8. The van der Waals surface area contributed by atoms with Crippen LogP contribution < -0.4 is 4.74 Å². The highest BCUT2D eigenvalue weighted by molar-refractivity contribution is 5.99. The Morgan fingerprint density at radius 2 is 1.66 bits per heavy atom. The summed E-state index contributed by atoms with van der Waals surface area (Å²) in [6.45, 7) is 3.93. The Labute approximate surface area is 219 Å². The molecule has 0 amide bonds. The first-order valence-corrected chi connectivity index (χ1v) is 12.8. The number of pyridine rings is 4. The molecule has 7 heterocycles. The average Bonchev–Trinajstić information content (AvgIpc) is 3.73. The summed E-state index contributed by atoms with van der Waals surface area (Å²) in [7, 11) is 0. The van der Waals surface area contributed by atoms with E-state index >= 15 is 0 Å². The van der Waals surface area contributed by atoms with E-state index < -0.39 is 0 Å². The monoisotopic (exact) mass is 502 g/mol. The van der Waals surface area contributed by atoms with Crippen molar-refractivity contribution in [3.63, 3.8) is 0 Å². The number of rotatable bonds is 7. The predicted molar refractivity (Wildman–Crippen MR) is 147 cm³/mol. The van der Waals surface area contributed by atoms with Gasteiger partial charge in [-0.05, 0) is 62.3 Å². The maximum absolute atomic E-state index is 6.02. The first kappa shape index (κ1) is 22.6. The minimum atomic E-state index is 0.658. The summed E-state index contributed by atoms with van der Waals surface area (Å²) < 4.78 is 6.02. The highest BCUT2D eigenvalue weighted by Gasteiger charge is 2.16. The molecule has 9 nitrogen and oxygen atoms in total. The maximum Gasteiger partial charge on any atom is 0.155 e. The molecule has 2 N–H and O–H groups in total. The Bertz CT molecular complexity index is 1720. The number of fused-ring (bicyclic) bond motifs is 2. The molecule has 0 bridgehead atoms. The topological polar surface area (TPSA) is 108 Å². The van der Waals surface area contributed by atoms with Gasteiger partial charge in [-0.2, -0.15) is 5.10 Å². The van der Waals surface area contributed by atoms with Crippen LogP contribution in [-0.2, 0) is 0 Å². The highest BCUT2D eigenvalue weighted by atomic mass is 16.5. The first-order chi connectivity index (χ1) is 18.8. The molecule has 6 aromatic heterocycles. The summed E-state index contributed by atoms with van der Waals surface area (Å²) in [6, 6.07) is 12.1. The third-order valence-electron chi connectivity index (χ3n) is 7.09. The van der Waals surface area contributed by atoms with Crippen LogP contribution in [0.2, 0.25) is 0 Å². The summed E-state index contributed by atoms with van der Waals surface area (Å²) in [6.07, 6.45) is 13.4. The van der Waals surface area contributed by atoms with Crippen molar-refractivity contribution < 1.29 is 4.74 Å². The van der Waals surface area contributed by atoms with Gasteiger partial charge in [0.25, 0.3) is 0 Å². The molecule has 188 valence electrons. The molecule has 7 rings (SSSR count). The SMILES string of the molecule is c1cc(-c2nccc3[nH]c(-c4n[nH]c5ncc(-c6cncc(OCCN7CCCC7)c6)cc45)cc23)ccn1. The smallest absolute Gasteiger partial charge is 0.155 e. The van der Waals surface area contributed by atoms with Crippen molar-refractivity contribution in [1.29, 1.82) is 0 Å². The normalized spacial score (nSPS) is 14.0. The van der Waals surface area contributed by atoms with Gasteiger partial charge in [-0.3, -0.25) is 25.0 Å². The molecule has 9 heteroatoms. The lowest BCUT2D eigenvalue weighted by Crippen LogP contribution is -2.25. The van der Waals surface area contributed by atoms with Crippen LogP contribution in [0, 0.1) is 0 Å². The predicted octanol–water partition coefficient (Wildman–Crippen LogP) is 5.10. The van der Waals surface area contributed by atoms with Crippen LogP contribution in [0.3, 0.4) is 0 Å². The van der Waals surface area contributed by atoms with Crippen molar-refractivity contribution in [2.45, 2.75) is 12.8 Å². The van der Waals surface area contributed by atoms with Gasteiger partial charge >= 0.3 is 0 Å². The van der Waals surface area contributed by atoms with E-state index in [9.17, 15) is 0 Å². The summed E-state index contributed by atoms with van der Waals surface area (Å²) in [5.41, 5.74) is 7.23. The zero-order valence-electron chi connectivity index (χ0n) is 20.8. The highest BCUT2D eigenvalue weighted by Crippen LogP contribution is 2.34. The summed E-state index contributed by atoms with van der Waals surface area (Å²) in [5.74, 6) is 0.765. The largest absolute Gasteiger partial charge is 0.491 e. The molecule has 0 aromatic carbocycles. The number of nitrogens with one attached hydrogen (secondary N) is 2. The fourth-order valence-electron chi connectivity index (χ4n) is 5.14. The Hall–Kier alpha value is -4.63. The maximum atomic E-state index is 6.02. The minimum absolute atomic E-state index is 0.658. The molecule has 0 saturated carbocycles. The molecule has 1 aliphatic heterocycles. The Morgan fingerprint density at radius 3 is 2.55 bits per heavy atom. The van der Waals surface area contributed by atoms with E-state index in [0.717, 1.165) is 81.1 Å². The summed E-state index contributed by atoms with van der Waals surface area (Å²) in [4.78, 5) is 23.8. The quantitative estimate of drug-likeness (QED) is 0.313. The molecule has 1 fully saturated rings. The van der Waals surface area contributed by atoms with Crippen LogP contribution in [0.4, 0.5) is 0 Å². The third kappa shape index (κ3) is 4.26. The van der Waals surface area contributed by atoms with Gasteiger partial charge in [0.05, 0.1) is 17.6 Å². The van der Waals surface area contributed by atoms with Crippen LogP contribution in [0.15, 0.2) is 73.6 Å². The molecule has 1 aliphatic rings. The molecule has 38 heavy (non-hydrogen) atoms. The zero-order chi connectivity index (χ0) is 25.3. The molecular formula is C29H26N8O. The van der Waals surface area contributed by atoms with Crippen LogP contribution in [0.1, 0.15) is 12.8 Å². The molecule has 0 unspecified atom stereocenters. The lowest BCUT2D eigenvalue weighted by atomic mass is 10.1. The van der Waals surface area contributed by atoms with Gasteiger partial charge in [0.15, 0.2) is 5.65 Å². The Balaban J connectivity index is 1.20. The van der Waals surface area contributed by atoms with Crippen LogP contribution in [0.25, 0.3) is 55.7 Å². The Morgan fingerprint density at radius 1 is 0.789 bits per heavy atom. The van der Waals surface area contributed by atoms with E-state index in [0.29, 0.717) is 6.61 Å². The zero-order valence-corrected chi connectivity index (χ0v) is 20.8. The lowest BCUT2D eigenvalue weighted by Gasteiger charge is -2.15. The fourth-order valence-corrected chi connectivity index (χ4v) is 5.14. The van der Waals surface area contributed by atoms with Gasteiger partial charge < -0.3 is 9.72 Å². The van der Waals surface area contributed by atoms with Gasteiger partial charge in [0.1, 0.15) is 18.1 Å². The molecule has 0 atom stereocenters. The second-order valence-corrected chi connectivity index (χ2v) is 9.54. The number of H-pyrrole nitrogens is 2. The van der Waals surface area contributed by atoms with Gasteiger partial charge in [-0.1, -0.05) is 0 Å². The van der Waals surface area contributed by atoms with Crippen LogP contribution >= 0.6 is 0 Å². The van der Waals surface area contributed by atoms with Crippen molar-refractivity contribution in [1.82, 2.24) is 40.0 Å². The molecule has 0 radical (unpaired) electrons. The van der Waals surface area contributed by atoms with Gasteiger partial charge in [-0.15, -0.1) is 0 Å². The van der Waals surface area contributed by atoms with Crippen molar-refractivity contribution >= 4 is 21.9 Å². The number of likely N-dealkylation sites (tertiary alicyclic amines) is 1. The van der Waals surface area contributed by atoms with Gasteiger partial charge in [-0.25, -0.2) is 4.98 Å². The number of ether oxygens (including phenoxy) is 1. The fraction of sp³-hybridized carbons (Fsp3) is 0.207. The molecule has 0 spiro atoms. The number of nitrogens with zero attached hydrogens (tertiary/aromatic N) is 6. The van der Waals surface area contributed by atoms with Crippen molar-refractivity contribution in [2.75, 3.05) is 26.2 Å². The number of aromatic amines is 2. The summed E-state index contributed by atoms with van der Waals surface area (Å²) >= 11 is 0. The van der Waals surface area contributed by atoms with Crippen LogP contribution in [0.5, 0.6) is 5.75 Å². The van der Waals surface area contributed by atoms with Crippen LogP contribution in [-0.4, -0.2) is 66.3 Å². The second-order valence-electron chi connectivity index (χ2n) is 9.54. The minimum Gasteiger partial charge on any atom is -0.491 e. The van der Waals surface area contributed by atoms with E-state index in [2.05, 4.69) is 52.1 Å². The second kappa shape index (κ2) is 9.68. The lowest BCUT2D eigenvalue weighted by molar-refractivity contribution is 0.237.